The second-order valence-electron chi connectivity index (χ2n) is 8.86. The van der Waals surface area contributed by atoms with Gasteiger partial charge in [-0.15, -0.1) is 0 Å². The number of nitrogens with zero attached hydrogens (tertiary/aromatic N) is 1. The number of rotatable bonds is 12. The van der Waals surface area contributed by atoms with Crippen LogP contribution >= 0.6 is 11.6 Å². The molecule has 0 bridgehead atoms. The number of amides is 1. The van der Waals surface area contributed by atoms with Crippen LogP contribution < -0.4 is 24.3 Å². The van der Waals surface area contributed by atoms with E-state index in [1.165, 1.54) is 12.8 Å². The Labute approximate surface area is 223 Å². The summed E-state index contributed by atoms with van der Waals surface area (Å²) >= 11 is 6.54. The number of hydrogen-bond acceptors (Lipinski definition) is 6. The van der Waals surface area contributed by atoms with Crippen molar-refractivity contribution in [2.24, 2.45) is 0 Å². The summed E-state index contributed by atoms with van der Waals surface area (Å²) in [6.45, 7) is 4.15. The van der Waals surface area contributed by atoms with Crippen LogP contribution in [0.1, 0.15) is 34.3 Å². The van der Waals surface area contributed by atoms with Crippen molar-refractivity contribution in [3.05, 3.63) is 82.4 Å². The van der Waals surface area contributed by atoms with E-state index in [1.807, 2.05) is 48.5 Å². The minimum Gasteiger partial charge on any atom is -0.497 e. The van der Waals surface area contributed by atoms with Crippen molar-refractivity contribution in [1.29, 1.82) is 0 Å². The van der Waals surface area contributed by atoms with Gasteiger partial charge in [-0.05, 0) is 67.4 Å². The lowest BCUT2D eigenvalue weighted by Crippen LogP contribution is -2.33. The Bertz CT molecular complexity index is 1160. The fourth-order valence-corrected chi connectivity index (χ4v) is 4.37. The first-order chi connectivity index (χ1) is 18.1. The predicted molar refractivity (Wildman–Crippen MR) is 144 cm³/mol. The van der Waals surface area contributed by atoms with Gasteiger partial charge < -0.3 is 29.2 Å². The summed E-state index contributed by atoms with van der Waals surface area (Å²) in [6, 6.07) is 18.5. The predicted octanol–water partition coefficient (Wildman–Crippen LogP) is 5.34. The fourth-order valence-electron chi connectivity index (χ4n) is 4.13. The first-order valence-corrected chi connectivity index (χ1v) is 12.8. The number of halogens is 1. The molecular formula is C29H33ClN2O5. The Kier molecular flexibility index (Phi) is 9.52. The third-order valence-corrected chi connectivity index (χ3v) is 6.61. The van der Waals surface area contributed by atoms with Gasteiger partial charge in [0.25, 0.3) is 5.91 Å². The second kappa shape index (κ2) is 13.2. The summed E-state index contributed by atoms with van der Waals surface area (Å²) in [6.07, 6.45) is 2.43. The maximum atomic E-state index is 13.0. The van der Waals surface area contributed by atoms with Crippen LogP contribution in [-0.2, 0) is 13.2 Å². The lowest BCUT2D eigenvalue weighted by atomic mass is 10.1. The molecule has 4 rings (SSSR count). The average Bonchev–Trinajstić information content (AvgIpc) is 3.45. The molecule has 1 amide bonds. The van der Waals surface area contributed by atoms with E-state index in [0.29, 0.717) is 41.8 Å². The number of nitrogens with one attached hydrogen (secondary N) is 1. The van der Waals surface area contributed by atoms with E-state index < -0.39 is 0 Å². The maximum absolute atomic E-state index is 13.0. The van der Waals surface area contributed by atoms with Gasteiger partial charge in [0.05, 0.1) is 24.8 Å². The van der Waals surface area contributed by atoms with Gasteiger partial charge in [0, 0.05) is 19.2 Å². The number of ether oxygens (including phenoxy) is 4. The van der Waals surface area contributed by atoms with Crippen molar-refractivity contribution >= 4 is 17.5 Å². The van der Waals surface area contributed by atoms with Crippen molar-refractivity contribution in [3.8, 4) is 23.0 Å². The number of likely N-dealkylation sites (tertiary alicyclic amines) is 1. The van der Waals surface area contributed by atoms with Gasteiger partial charge in [-0.3, -0.25) is 4.79 Å². The van der Waals surface area contributed by atoms with Crippen LogP contribution in [0.3, 0.4) is 0 Å². The molecule has 0 saturated carbocycles. The van der Waals surface area contributed by atoms with Crippen LogP contribution in [-0.4, -0.2) is 51.2 Å². The molecule has 7 nitrogen and oxygen atoms in total. The van der Waals surface area contributed by atoms with E-state index in [0.717, 1.165) is 42.3 Å². The molecule has 1 aliphatic heterocycles. The summed E-state index contributed by atoms with van der Waals surface area (Å²) in [4.78, 5) is 15.3. The van der Waals surface area contributed by atoms with Gasteiger partial charge >= 0.3 is 0 Å². The first-order valence-electron chi connectivity index (χ1n) is 12.4. The molecule has 0 aromatic heterocycles. The molecular weight excluding hydrogens is 492 g/mol. The summed E-state index contributed by atoms with van der Waals surface area (Å²) in [7, 11) is 3.26. The first kappa shape index (κ1) is 26.6. The number of carbonyl (C=O) groups excluding carboxylic acids is 1. The Morgan fingerprint density at radius 1 is 0.838 bits per heavy atom. The maximum Gasteiger partial charge on any atom is 0.252 e. The highest BCUT2D eigenvalue weighted by molar-refractivity contribution is 6.34. The number of methoxy groups -OCH3 is 2. The Morgan fingerprint density at radius 3 is 1.86 bits per heavy atom. The van der Waals surface area contributed by atoms with Crippen LogP contribution in [0.2, 0.25) is 5.02 Å². The van der Waals surface area contributed by atoms with Gasteiger partial charge in [0.2, 0.25) is 0 Å². The molecule has 196 valence electrons. The molecule has 1 fully saturated rings. The minimum atomic E-state index is -0.236. The smallest absolute Gasteiger partial charge is 0.252 e. The fraction of sp³-hybridized carbons (Fsp3) is 0.345. The number of carbonyl (C=O) groups is 1. The van der Waals surface area contributed by atoms with Gasteiger partial charge in [-0.2, -0.15) is 0 Å². The Morgan fingerprint density at radius 2 is 1.35 bits per heavy atom. The van der Waals surface area contributed by atoms with Crippen LogP contribution in [0.15, 0.2) is 60.7 Å². The van der Waals surface area contributed by atoms with E-state index >= 15 is 0 Å². The molecule has 0 aliphatic carbocycles. The second-order valence-corrected chi connectivity index (χ2v) is 9.26. The molecule has 3 aromatic rings. The topological polar surface area (TPSA) is 69.3 Å². The van der Waals surface area contributed by atoms with Crippen LogP contribution in [0.25, 0.3) is 0 Å². The highest BCUT2D eigenvalue weighted by atomic mass is 35.5. The van der Waals surface area contributed by atoms with E-state index in [-0.39, 0.29) is 5.91 Å². The van der Waals surface area contributed by atoms with Gasteiger partial charge in [0.1, 0.15) is 24.7 Å². The highest BCUT2D eigenvalue weighted by Crippen LogP contribution is 2.35. The molecule has 8 heteroatoms. The third-order valence-electron chi connectivity index (χ3n) is 6.30. The molecule has 0 unspecified atom stereocenters. The molecule has 1 aliphatic rings. The van der Waals surface area contributed by atoms with Gasteiger partial charge in [-0.25, -0.2) is 0 Å². The standard InChI is InChI=1S/C29H33ClN2O5/c1-34-23-9-5-21(6-10-23)19-36-27-17-25(29(33)31-13-16-32-14-3-4-15-32)26(30)18-28(27)37-20-22-7-11-24(35-2)12-8-22/h5-12,17-18H,3-4,13-16,19-20H2,1-2H3,(H,31,33). The highest BCUT2D eigenvalue weighted by Gasteiger charge is 2.18. The van der Waals surface area contributed by atoms with E-state index in [4.69, 9.17) is 30.5 Å². The monoisotopic (exact) mass is 524 g/mol. The summed E-state index contributed by atoms with van der Waals surface area (Å²) in [5, 5.41) is 3.29. The lowest BCUT2D eigenvalue weighted by molar-refractivity contribution is 0.0949. The lowest BCUT2D eigenvalue weighted by Gasteiger charge is -2.17. The summed E-state index contributed by atoms with van der Waals surface area (Å²) in [5.41, 5.74) is 2.26. The molecule has 3 aromatic carbocycles. The third kappa shape index (κ3) is 7.54. The zero-order chi connectivity index (χ0) is 26.0. The quantitative estimate of drug-likeness (QED) is 0.345. The van der Waals surface area contributed by atoms with Crippen molar-refractivity contribution in [3.63, 3.8) is 0 Å². The SMILES string of the molecule is COc1ccc(COc2cc(Cl)c(C(=O)NCCN3CCCC3)cc2OCc2ccc(OC)cc2)cc1. The number of benzene rings is 3. The Balaban J connectivity index is 1.48. The average molecular weight is 525 g/mol. The van der Waals surface area contributed by atoms with E-state index in [9.17, 15) is 4.79 Å². The van der Waals surface area contributed by atoms with Crippen LogP contribution in [0.5, 0.6) is 23.0 Å². The van der Waals surface area contributed by atoms with Crippen LogP contribution in [0.4, 0.5) is 0 Å². The van der Waals surface area contributed by atoms with Crippen molar-refractivity contribution in [2.75, 3.05) is 40.4 Å². The van der Waals surface area contributed by atoms with E-state index in [2.05, 4.69) is 10.2 Å². The molecule has 37 heavy (non-hydrogen) atoms. The van der Waals surface area contributed by atoms with Crippen molar-refractivity contribution in [2.45, 2.75) is 26.1 Å². The molecule has 1 saturated heterocycles. The summed E-state index contributed by atoms with van der Waals surface area (Å²) in [5.74, 6) is 2.21. The van der Waals surface area contributed by atoms with Gasteiger partial charge in [-0.1, -0.05) is 35.9 Å². The van der Waals surface area contributed by atoms with Crippen molar-refractivity contribution < 1.29 is 23.7 Å². The molecule has 0 radical (unpaired) electrons. The van der Waals surface area contributed by atoms with Crippen molar-refractivity contribution in [1.82, 2.24) is 10.2 Å². The molecule has 0 spiro atoms. The van der Waals surface area contributed by atoms with E-state index in [1.54, 1.807) is 26.4 Å². The molecule has 1 N–H and O–H groups in total. The zero-order valence-electron chi connectivity index (χ0n) is 21.3. The van der Waals surface area contributed by atoms with Gasteiger partial charge in [0.15, 0.2) is 11.5 Å². The number of hydrogen-bond donors (Lipinski definition) is 1. The zero-order valence-corrected chi connectivity index (χ0v) is 22.1. The normalized spacial score (nSPS) is 13.3. The summed E-state index contributed by atoms with van der Waals surface area (Å²) < 4.78 is 22.6. The Hall–Kier alpha value is -3.42. The molecule has 0 atom stereocenters. The van der Waals surface area contributed by atoms with Crippen LogP contribution in [0, 0.1) is 0 Å². The minimum absolute atomic E-state index is 0.236. The largest absolute Gasteiger partial charge is 0.497 e. The molecule has 1 heterocycles.